The fraction of sp³-hybridized carbons (Fsp3) is 0.500. The number of nitrogens with zero attached hydrogens (tertiary/aromatic N) is 3. The summed E-state index contributed by atoms with van der Waals surface area (Å²) in [5.74, 6) is 2.77. The number of anilines is 1. The summed E-state index contributed by atoms with van der Waals surface area (Å²) in [6.07, 6.45) is 5.51. The molecule has 2 aromatic heterocycles. The van der Waals surface area contributed by atoms with Crippen LogP contribution in [-0.4, -0.2) is 37.6 Å². The van der Waals surface area contributed by atoms with Crippen LogP contribution in [0.3, 0.4) is 0 Å². The van der Waals surface area contributed by atoms with Crippen molar-refractivity contribution < 1.29 is 0 Å². The molecular formula is C20H30IN5S. The van der Waals surface area contributed by atoms with Gasteiger partial charge in [0.2, 0.25) is 0 Å². The zero-order valence-corrected chi connectivity index (χ0v) is 19.3. The standard InChI is InChI=1S/C20H29N5S.HI/c1-16-8-11-25(12-9-16)19-6-5-17(14-23-19)15-24-20(21-2)22-10-7-18-4-3-13-26-18;/h3-6,13-14,16H,7-12,15H2,1-2H3,(H2,21,22,24);1H. The number of pyridine rings is 1. The Bertz CT molecular complexity index is 679. The molecule has 0 atom stereocenters. The minimum atomic E-state index is 0. The van der Waals surface area contributed by atoms with E-state index < -0.39 is 0 Å². The molecule has 0 aliphatic carbocycles. The molecule has 0 aromatic carbocycles. The first-order valence-electron chi connectivity index (χ1n) is 9.41. The Labute approximate surface area is 183 Å². The van der Waals surface area contributed by atoms with Crippen LogP contribution in [0.5, 0.6) is 0 Å². The number of thiophene rings is 1. The van der Waals surface area contributed by atoms with Gasteiger partial charge in [-0.3, -0.25) is 4.99 Å². The molecule has 0 spiro atoms. The number of rotatable bonds is 6. The Morgan fingerprint density at radius 2 is 2.07 bits per heavy atom. The maximum Gasteiger partial charge on any atom is 0.191 e. The van der Waals surface area contributed by atoms with Gasteiger partial charge in [0.15, 0.2) is 5.96 Å². The number of nitrogens with one attached hydrogen (secondary N) is 2. The fourth-order valence-electron chi connectivity index (χ4n) is 3.11. The Kier molecular flexibility index (Phi) is 9.33. The van der Waals surface area contributed by atoms with E-state index >= 15 is 0 Å². The van der Waals surface area contributed by atoms with Gasteiger partial charge in [-0.15, -0.1) is 35.3 Å². The SMILES string of the molecule is CN=C(NCCc1cccs1)NCc1ccc(N2CCC(C)CC2)nc1.I. The lowest BCUT2D eigenvalue weighted by Crippen LogP contribution is -2.37. The lowest BCUT2D eigenvalue weighted by atomic mass is 9.99. The van der Waals surface area contributed by atoms with Gasteiger partial charge in [0.25, 0.3) is 0 Å². The third-order valence-corrected chi connectivity index (χ3v) is 5.78. The van der Waals surface area contributed by atoms with Gasteiger partial charge in [0, 0.05) is 44.3 Å². The second-order valence-corrected chi connectivity index (χ2v) is 7.91. The van der Waals surface area contributed by atoms with Gasteiger partial charge in [-0.05, 0) is 48.3 Å². The van der Waals surface area contributed by atoms with E-state index in [1.165, 1.54) is 23.3 Å². The second-order valence-electron chi connectivity index (χ2n) is 6.88. The van der Waals surface area contributed by atoms with Crippen LogP contribution in [-0.2, 0) is 13.0 Å². The highest BCUT2D eigenvalue weighted by Crippen LogP contribution is 2.21. The fourth-order valence-corrected chi connectivity index (χ4v) is 3.82. The first-order chi connectivity index (χ1) is 12.7. The lowest BCUT2D eigenvalue weighted by molar-refractivity contribution is 0.436. The number of hydrogen-bond acceptors (Lipinski definition) is 4. The van der Waals surface area contributed by atoms with Crippen molar-refractivity contribution >= 4 is 47.1 Å². The first kappa shape index (κ1) is 21.9. The van der Waals surface area contributed by atoms with Gasteiger partial charge in [0.1, 0.15) is 5.82 Å². The Hall–Kier alpha value is -1.35. The number of piperidine rings is 1. The third-order valence-electron chi connectivity index (χ3n) is 4.84. The predicted molar refractivity (Wildman–Crippen MR) is 126 cm³/mol. The molecule has 1 saturated heterocycles. The van der Waals surface area contributed by atoms with Crippen LogP contribution >= 0.6 is 35.3 Å². The second kappa shape index (κ2) is 11.5. The van der Waals surface area contributed by atoms with Gasteiger partial charge in [-0.25, -0.2) is 4.98 Å². The van der Waals surface area contributed by atoms with E-state index in [1.54, 1.807) is 18.4 Å². The number of guanidine groups is 1. The van der Waals surface area contributed by atoms with Crippen LogP contribution < -0.4 is 15.5 Å². The van der Waals surface area contributed by atoms with Crippen molar-refractivity contribution in [3.05, 3.63) is 46.3 Å². The van der Waals surface area contributed by atoms with Crippen molar-refractivity contribution in [3.8, 4) is 0 Å². The van der Waals surface area contributed by atoms with Crippen LogP contribution in [0.1, 0.15) is 30.2 Å². The van der Waals surface area contributed by atoms with Gasteiger partial charge in [-0.1, -0.05) is 19.1 Å². The maximum atomic E-state index is 4.65. The molecule has 1 fully saturated rings. The van der Waals surface area contributed by atoms with E-state index in [-0.39, 0.29) is 24.0 Å². The van der Waals surface area contributed by atoms with Crippen molar-refractivity contribution in [3.63, 3.8) is 0 Å². The smallest absolute Gasteiger partial charge is 0.191 e. The summed E-state index contributed by atoms with van der Waals surface area (Å²) in [6, 6.07) is 8.55. The quantitative estimate of drug-likeness (QED) is 0.360. The number of aliphatic imine (C=N–C) groups is 1. The van der Waals surface area contributed by atoms with Gasteiger partial charge in [-0.2, -0.15) is 0 Å². The van der Waals surface area contributed by atoms with Crippen molar-refractivity contribution in [2.75, 3.05) is 31.6 Å². The Balaban J connectivity index is 0.00000261. The van der Waals surface area contributed by atoms with Crippen LogP contribution in [0.15, 0.2) is 40.8 Å². The molecule has 27 heavy (non-hydrogen) atoms. The van der Waals surface area contributed by atoms with Crippen LogP contribution in [0.25, 0.3) is 0 Å². The molecule has 0 unspecified atom stereocenters. The van der Waals surface area contributed by atoms with E-state index in [2.05, 4.69) is 62.1 Å². The van der Waals surface area contributed by atoms with Crippen molar-refractivity contribution in [1.29, 1.82) is 0 Å². The predicted octanol–water partition coefficient (Wildman–Crippen LogP) is 3.91. The summed E-state index contributed by atoms with van der Waals surface area (Å²) in [5.41, 5.74) is 1.17. The summed E-state index contributed by atoms with van der Waals surface area (Å²) in [4.78, 5) is 12.7. The normalized spacial score (nSPS) is 15.3. The average molecular weight is 499 g/mol. The molecular weight excluding hydrogens is 469 g/mol. The van der Waals surface area contributed by atoms with Crippen molar-refractivity contribution in [1.82, 2.24) is 15.6 Å². The molecule has 1 aliphatic rings. The maximum absolute atomic E-state index is 4.65. The summed E-state index contributed by atoms with van der Waals surface area (Å²) in [6.45, 7) is 6.17. The first-order valence-corrected chi connectivity index (χ1v) is 10.3. The largest absolute Gasteiger partial charge is 0.357 e. The van der Waals surface area contributed by atoms with E-state index in [0.29, 0.717) is 0 Å². The van der Waals surface area contributed by atoms with Crippen LogP contribution in [0.4, 0.5) is 5.82 Å². The molecule has 0 bridgehead atoms. The zero-order chi connectivity index (χ0) is 18.2. The summed E-state index contributed by atoms with van der Waals surface area (Å²) < 4.78 is 0. The third kappa shape index (κ3) is 6.95. The monoisotopic (exact) mass is 499 g/mol. The molecule has 2 aromatic rings. The minimum Gasteiger partial charge on any atom is -0.357 e. The average Bonchev–Trinajstić information content (AvgIpc) is 3.19. The van der Waals surface area contributed by atoms with E-state index in [0.717, 1.165) is 50.3 Å². The molecule has 3 heterocycles. The van der Waals surface area contributed by atoms with Crippen molar-refractivity contribution in [2.24, 2.45) is 10.9 Å². The Morgan fingerprint density at radius 3 is 2.70 bits per heavy atom. The number of aromatic nitrogens is 1. The van der Waals surface area contributed by atoms with Gasteiger partial charge in [0.05, 0.1) is 0 Å². The van der Waals surface area contributed by atoms with E-state index in [1.807, 2.05) is 6.20 Å². The van der Waals surface area contributed by atoms with Crippen LogP contribution in [0, 0.1) is 5.92 Å². The highest BCUT2D eigenvalue weighted by molar-refractivity contribution is 14.0. The molecule has 1 aliphatic heterocycles. The summed E-state index contributed by atoms with van der Waals surface area (Å²) in [7, 11) is 1.80. The zero-order valence-electron chi connectivity index (χ0n) is 16.1. The topological polar surface area (TPSA) is 52.6 Å². The molecule has 3 rings (SSSR count). The molecule has 2 N–H and O–H groups in total. The van der Waals surface area contributed by atoms with Crippen molar-refractivity contribution in [2.45, 2.75) is 32.7 Å². The highest BCUT2D eigenvalue weighted by Gasteiger charge is 2.16. The van der Waals surface area contributed by atoms with Gasteiger partial charge < -0.3 is 15.5 Å². The number of hydrogen-bond donors (Lipinski definition) is 2. The minimum absolute atomic E-state index is 0. The molecule has 0 amide bonds. The highest BCUT2D eigenvalue weighted by atomic mass is 127. The summed E-state index contributed by atoms with van der Waals surface area (Å²) >= 11 is 1.79. The van der Waals surface area contributed by atoms with E-state index in [9.17, 15) is 0 Å². The van der Waals surface area contributed by atoms with Gasteiger partial charge >= 0.3 is 0 Å². The lowest BCUT2D eigenvalue weighted by Gasteiger charge is -2.31. The molecule has 7 heteroatoms. The number of halogens is 1. The van der Waals surface area contributed by atoms with E-state index in [4.69, 9.17) is 0 Å². The molecule has 5 nitrogen and oxygen atoms in total. The Morgan fingerprint density at radius 1 is 1.26 bits per heavy atom. The molecule has 0 saturated carbocycles. The summed E-state index contributed by atoms with van der Waals surface area (Å²) in [5, 5.41) is 8.84. The van der Waals surface area contributed by atoms with Crippen LogP contribution in [0.2, 0.25) is 0 Å². The molecule has 0 radical (unpaired) electrons. The molecule has 148 valence electrons.